The van der Waals surface area contributed by atoms with E-state index in [-0.39, 0.29) is 105 Å². The van der Waals surface area contributed by atoms with E-state index in [0.29, 0.717) is 5.69 Å². The third kappa shape index (κ3) is 7.02. The molecule has 10 nitrogen and oxygen atoms in total. The molecule has 0 aliphatic rings. The first kappa shape index (κ1) is 26.6. The number of hydrogen-bond acceptors (Lipinski definition) is 7. The summed E-state index contributed by atoms with van der Waals surface area (Å²) in [5.41, 5.74) is 0.526. The Bertz CT molecular complexity index is 1340. The second-order valence-corrected chi connectivity index (χ2v) is 7.30. The summed E-state index contributed by atoms with van der Waals surface area (Å²) in [6.45, 7) is 0.000881. The second-order valence-electron chi connectivity index (χ2n) is 7.30. The molecule has 0 saturated carbocycles. The molecule has 0 aliphatic carbocycles. The maximum atomic E-state index is 13.4. The van der Waals surface area contributed by atoms with Gasteiger partial charge in [-0.15, -0.1) is 0 Å². The van der Waals surface area contributed by atoms with Crippen molar-refractivity contribution >= 4 is 68.9 Å². The molecule has 1 radical (unpaired) electrons. The molecule has 4 rings (SSSR count). The summed E-state index contributed by atoms with van der Waals surface area (Å²) < 4.78 is 33.3. The van der Waals surface area contributed by atoms with Crippen LogP contribution in [-0.2, 0) is 17.8 Å². The van der Waals surface area contributed by atoms with Crippen LogP contribution >= 0.6 is 0 Å². The maximum Gasteiger partial charge on any atom is 0.339 e. The maximum absolute atomic E-state index is 13.4. The van der Waals surface area contributed by atoms with Gasteiger partial charge in [0, 0.05) is 89.2 Å². The largest absolute Gasteiger partial charge is 0.506 e. The van der Waals surface area contributed by atoms with Crippen molar-refractivity contribution in [1.82, 2.24) is 19.7 Å². The van der Waals surface area contributed by atoms with Crippen molar-refractivity contribution in [2.75, 3.05) is 5.32 Å². The van der Waals surface area contributed by atoms with Gasteiger partial charge < -0.3 is 24.6 Å². The minimum atomic E-state index is -1.28. The van der Waals surface area contributed by atoms with E-state index in [1.807, 2.05) is 0 Å². The second kappa shape index (κ2) is 11.6. The van der Waals surface area contributed by atoms with Gasteiger partial charge in [-0.25, -0.2) is 18.6 Å². The average molecular weight is 509 g/mol. The molecule has 13 heteroatoms. The number of rotatable bonds is 8. The molecule has 0 spiro atoms. The van der Waals surface area contributed by atoms with Crippen LogP contribution < -0.4 is 5.32 Å². The molecule has 3 aromatic heterocycles. The molecule has 35 heavy (non-hydrogen) atoms. The number of aromatic hydroxyl groups is 1. The Balaban J connectivity index is 0.00000342. The summed E-state index contributed by atoms with van der Waals surface area (Å²) in [5.74, 6) is -2.93. The van der Waals surface area contributed by atoms with Crippen molar-refractivity contribution in [2.24, 2.45) is 0 Å². The van der Waals surface area contributed by atoms with E-state index < -0.39 is 23.5 Å². The van der Waals surface area contributed by atoms with Gasteiger partial charge in [-0.1, -0.05) is 5.16 Å². The van der Waals surface area contributed by atoms with Crippen LogP contribution in [-0.4, -0.2) is 93.2 Å². The molecule has 4 aromatic rings. The summed E-state index contributed by atoms with van der Waals surface area (Å²) in [4.78, 5) is 32.1. The van der Waals surface area contributed by atoms with E-state index in [1.54, 1.807) is 0 Å². The molecule has 0 unspecified atom stereocenters. The number of carbonyl (C=O) groups excluding carboxylic acids is 1. The van der Waals surface area contributed by atoms with Crippen molar-refractivity contribution in [3.05, 3.63) is 77.6 Å². The summed E-state index contributed by atoms with van der Waals surface area (Å²) in [7, 11) is 0. The van der Waals surface area contributed by atoms with Crippen LogP contribution in [0.2, 0.25) is 0 Å². The van der Waals surface area contributed by atoms with Crippen molar-refractivity contribution < 1.29 is 33.1 Å². The number of carbonyl (C=O) groups is 2. The first-order valence-corrected chi connectivity index (χ1v) is 9.92. The van der Waals surface area contributed by atoms with E-state index in [2.05, 4.69) is 20.4 Å². The number of hydrogen-bond donors (Lipinski definition) is 3. The molecule has 1 aromatic carbocycles. The van der Waals surface area contributed by atoms with Crippen molar-refractivity contribution in [3.8, 4) is 17.3 Å². The third-order valence-corrected chi connectivity index (χ3v) is 4.68. The summed E-state index contributed by atoms with van der Waals surface area (Å²) in [5, 5.41) is 25.0. The number of halogens is 2. The van der Waals surface area contributed by atoms with Crippen LogP contribution in [0.25, 0.3) is 11.5 Å². The normalized spacial score (nSPS) is 10.6. The zero-order valence-electron chi connectivity index (χ0n) is 18.4. The van der Waals surface area contributed by atoms with Gasteiger partial charge in [0.25, 0.3) is 0 Å². The van der Waals surface area contributed by atoms with Gasteiger partial charge in [-0.05, 0) is 29.8 Å². The number of anilines is 1. The zero-order valence-corrected chi connectivity index (χ0v) is 21.5. The number of nitrogens with zero attached hydrogens (tertiary/aromatic N) is 4. The standard InChI is InChI=1S/C22H17F2N5O5.K/c23-13-5-12(6-14(24)7-13)9-29-10-16(22(32)33)18(11-29)26-19(31)3-4-20-27-21(28-34-20)17-2-1-15(30)8-25-17;/h1-2,5-8,10-11,30H,3-4,9H2,(H,26,31)(H,32,33);. The number of benzene rings is 1. The minimum Gasteiger partial charge on any atom is -0.506 e. The van der Waals surface area contributed by atoms with E-state index in [9.17, 15) is 28.6 Å². The van der Waals surface area contributed by atoms with Crippen LogP contribution in [0.5, 0.6) is 5.75 Å². The summed E-state index contributed by atoms with van der Waals surface area (Å²) in [6, 6.07) is 5.93. The molecule has 175 valence electrons. The molecular weight excluding hydrogens is 491 g/mol. The number of aromatic nitrogens is 4. The third-order valence-electron chi connectivity index (χ3n) is 4.68. The Hall–Kier alpha value is -2.97. The molecule has 3 heterocycles. The van der Waals surface area contributed by atoms with Crippen molar-refractivity contribution in [1.29, 1.82) is 0 Å². The van der Waals surface area contributed by atoms with Crippen LogP contribution in [0.4, 0.5) is 14.5 Å². The summed E-state index contributed by atoms with van der Waals surface area (Å²) >= 11 is 0. The van der Waals surface area contributed by atoms with Gasteiger partial charge in [-0.3, -0.25) is 4.79 Å². The molecule has 1 amide bonds. The van der Waals surface area contributed by atoms with Crippen LogP contribution in [0.15, 0.2) is 53.4 Å². The Morgan fingerprint density at radius 2 is 1.86 bits per heavy atom. The van der Waals surface area contributed by atoms with Gasteiger partial charge in [0.1, 0.15) is 28.6 Å². The number of pyridine rings is 1. The first-order valence-electron chi connectivity index (χ1n) is 9.92. The Morgan fingerprint density at radius 3 is 2.51 bits per heavy atom. The SMILES string of the molecule is O=C(CCc1nc(-c2ccc(O)cn2)no1)Nc1cn(Cc2cc(F)cc(F)c2)cc1C(=O)O.[K]. The Labute approximate surface area is 239 Å². The van der Waals surface area contributed by atoms with E-state index in [1.165, 1.54) is 35.3 Å². The molecule has 0 saturated heterocycles. The van der Waals surface area contributed by atoms with Gasteiger partial charge in [0.2, 0.25) is 17.6 Å². The number of carboxylic acids is 1. The van der Waals surface area contributed by atoms with Crippen molar-refractivity contribution in [2.45, 2.75) is 19.4 Å². The predicted octanol–water partition coefficient (Wildman–Crippen LogP) is 2.85. The molecule has 0 fully saturated rings. The van der Waals surface area contributed by atoms with E-state index >= 15 is 0 Å². The predicted molar refractivity (Wildman–Crippen MR) is 119 cm³/mol. The van der Waals surface area contributed by atoms with Crippen molar-refractivity contribution in [3.63, 3.8) is 0 Å². The molecular formula is C22H17F2KN5O5. The smallest absolute Gasteiger partial charge is 0.339 e. The van der Waals surface area contributed by atoms with E-state index in [4.69, 9.17) is 4.52 Å². The fraction of sp³-hybridized carbons (Fsp3) is 0.136. The average Bonchev–Trinajstić information content (AvgIpc) is 3.39. The summed E-state index contributed by atoms with van der Waals surface area (Å²) in [6.07, 6.45) is 3.86. The monoisotopic (exact) mass is 508 g/mol. The van der Waals surface area contributed by atoms with E-state index in [0.717, 1.165) is 18.2 Å². The number of aromatic carboxylic acids is 1. The molecule has 3 N–H and O–H groups in total. The fourth-order valence-corrected chi connectivity index (χ4v) is 3.19. The number of amides is 1. The number of nitrogens with one attached hydrogen (secondary N) is 1. The van der Waals surface area contributed by atoms with Crippen LogP contribution in [0.1, 0.15) is 28.2 Å². The fourth-order valence-electron chi connectivity index (χ4n) is 3.19. The zero-order chi connectivity index (χ0) is 24.2. The molecule has 0 bridgehead atoms. The quantitative estimate of drug-likeness (QED) is 0.308. The number of carboxylic acid groups (broad SMARTS) is 1. The Kier molecular flexibility index (Phi) is 8.85. The topological polar surface area (TPSA) is 143 Å². The van der Waals surface area contributed by atoms with Crippen LogP contribution in [0.3, 0.4) is 0 Å². The van der Waals surface area contributed by atoms with Crippen LogP contribution in [0, 0.1) is 11.6 Å². The van der Waals surface area contributed by atoms with Gasteiger partial charge in [0.05, 0.1) is 11.9 Å². The Morgan fingerprint density at radius 1 is 1.11 bits per heavy atom. The van der Waals surface area contributed by atoms with Gasteiger partial charge in [0.15, 0.2) is 0 Å². The minimum absolute atomic E-state index is 0. The van der Waals surface area contributed by atoms with Gasteiger partial charge >= 0.3 is 5.97 Å². The molecule has 0 atom stereocenters. The first-order chi connectivity index (χ1) is 16.3. The van der Waals surface area contributed by atoms with Gasteiger partial charge in [-0.2, -0.15) is 4.98 Å². The number of aryl methyl sites for hydroxylation is 1. The molecule has 0 aliphatic heterocycles.